The van der Waals surface area contributed by atoms with E-state index in [9.17, 15) is 29.8 Å². The molecule has 30 nitrogen and oxygen atoms in total. The highest BCUT2D eigenvalue weighted by molar-refractivity contribution is 7.95. The molecule has 10 N–H and O–H groups in total. The van der Waals surface area contributed by atoms with E-state index in [4.69, 9.17) is 24.9 Å². The third-order valence-electron chi connectivity index (χ3n) is 6.80. The molecule has 4 rings (SSSR count). The summed E-state index contributed by atoms with van der Waals surface area (Å²) < 4.78 is 111. The summed E-state index contributed by atoms with van der Waals surface area (Å²) in [5.41, 5.74) is 0.647. The number of aliphatic imine (C=N–C) groups is 2. The van der Waals surface area contributed by atoms with Gasteiger partial charge in [0.2, 0.25) is 23.8 Å². The molecule has 0 radical (unpaired) electrons. The van der Waals surface area contributed by atoms with E-state index in [-0.39, 0.29) is 82.1 Å². The van der Waals surface area contributed by atoms with Crippen LogP contribution in [0.15, 0.2) is 56.2 Å². The van der Waals surface area contributed by atoms with Gasteiger partial charge in [0.1, 0.15) is 4.90 Å². The van der Waals surface area contributed by atoms with E-state index >= 15 is 0 Å². The monoisotopic (exact) mass is 1020 g/mol. The number of aromatic nitrogens is 6. The predicted molar refractivity (Wildman–Crippen MR) is 229 cm³/mol. The third-order valence-corrected chi connectivity index (χ3v) is 10.7. The van der Waals surface area contributed by atoms with Crippen molar-refractivity contribution in [1.29, 1.82) is 0 Å². The summed E-state index contributed by atoms with van der Waals surface area (Å²) in [4.78, 5) is 32.4. The Labute approximate surface area is 373 Å². The molecule has 64 heavy (non-hydrogen) atoms. The van der Waals surface area contributed by atoms with Gasteiger partial charge in [-0.1, -0.05) is 39.4 Å². The van der Waals surface area contributed by atoms with Gasteiger partial charge in [0.05, 0.1) is 35.1 Å². The van der Waals surface area contributed by atoms with E-state index in [1.807, 2.05) is 0 Å². The molecule has 0 spiro atoms. The molecule has 0 unspecified atom stereocenters. The van der Waals surface area contributed by atoms with Crippen LogP contribution in [0, 0.1) is 0 Å². The summed E-state index contributed by atoms with van der Waals surface area (Å²) >= 11 is 1.86. The SMILES string of the molecule is O=S(=O)(O)CCNc1nc(NCCS(=O)(=O)O)nc(Nc2ccc(C=Cc3ccc(Nc4nc(N=CCSOOO)nc(N=CCSOOO)n4)cc3S(=O)(=O)O)c(SOOO)c2)n1. The van der Waals surface area contributed by atoms with Crippen molar-refractivity contribution >= 4 is 138 Å². The summed E-state index contributed by atoms with van der Waals surface area (Å²) in [6.45, 7) is -0.668. The number of anilines is 6. The van der Waals surface area contributed by atoms with Crippen LogP contribution in [0.3, 0.4) is 0 Å². The molecule has 0 amide bonds. The Hall–Kier alpha value is -4.84. The molecule has 2 aromatic heterocycles. The average Bonchev–Trinajstić information content (AvgIpc) is 3.21. The van der Waals surface area contributed by atoms with Gasteiger partial charge in [-0.25, -0.2) is 25.8 Å². The van der Waals surface area contributed by atoms with Crippen LogP contribution in [-0.4, -0.2) is 133 Å². The van der Waals surface area contributed by atoms with E-state index in [0.29, 0.717) is 41.7 Å². The van der Waals surface area contributed by atoms with Gasteiger partial charge in [-0.3, -0.25) is 13.7 Å². The summed E-state index contributed by atoms with van der Waals surface area (Å²) in [6, 6.07) is 8.28. The van der Waals surface area contributed by atoms with Crippen LogP contribution >= 0.6 is 36.1 Å². The van der Waals surface area contributed by atoms with Crippen LogP contribution in [0.2, 0.25) is 0 Å². The zero-order valence-corrected chi connectivity index (χ0v) is 36.5. The van der Waals surface area contributed by atoms with Gasteiger partial charge in [0, 0.05) is 65.9 Å². The van der Waals surface area contributed by atoms with E-state index in [0.717, 1.165) is 6.07 Å². The summed E-state index contributed by atoms with van der Waals surface area (Å²) in [7, 11) is -13.6. The number of nitrogens with one attached hydrogen (secondary N) is 4. The van der Waals surface area contributed by atoms with E-state index < -0.39 is 46.8 Å². The molecule has 0 saturated heterocycles. The summed E-state index contributed by atoms with van der Waals surface area (Å²) in [5, 5.41) is 46.9. The van der Waals surface area contributed by atoms with Gasteiger partial charge >= 0.3 is 0 Å². The average molecular weight is 1020 g/mol. The molecule has 0 saturated carbocycles. The topological polar surface area (TPSA) is 429 Å². The molecule has 0 fully saturated rings. The first-order valence-electron chi connectivity index (χ1n) is 16.7. The molecule has 0 aliphatic rings. The van der Waals surface area contributed by atoms with Crippen molar-refractivity contribution in [3.63, 3.8) is 0 Å². The minimum atomic E-state index is -4.89. The van der Waals surface area contributed by atoms with Crippen LogP contribution in [0.5, 0.6) is 0 Å². The molecule has 4 aromatic rings. The molecule has 36 heteroatoms. The zero-order chi connectivity index (χ0) is 46.6. The highest BCUT2D eigenvalue weighted by atomic mass is 32.2. The number of hydrogen-bond donors (Lipinski definition) is 10. The van der Waals surface area contributed by atoms with Crippen molar-refractivity contribution < 1.29 is 82.8 Å². The zero-order valence-electron chi connectivity index (χ0n) is 31.6. The maximum atomic E-state index is 12.6. The smallest absolute Gasteiger partial charge is 0.295 e. The largest absolute Gasteiger partial charge is 0.353 e. The molecule has 0 aliphatic carbocycles. The first kappa shape index (κ1) is 51.8. The molecule has 0 aliphatic heterocycles. The van der Waals surface area contributed by atoms with Crippen molar-refractivity contribution in [2.45, 2.75) is 9.79 Å². The highest BCUT2D eigenvalue weighted by Gasteiger charge is 2.17. The van der Waals surface area contributed by atoms with Crippen molar-refractivity contribution in [3.05, 3.63) is 47.5 Å². The Morgan fingerprint density at radius 3 is 1.56 bits per heavy atom. The lowest BCUT2D eigenvalue weighted by molar-refractivity contribution is -0.432. The standard InChI is InChI=1S/C28H32N12O18S6/c41-53-56-59-11-7-29-23-35-24(30-8-12-60-57-54-42)38-28(37-23)34-20-6-4-18(22(16-20)64(50,51)52)2-1-17-3-5-19(15-21(17)61-58-55-43)33-27-39-25(31-9-13-62(44,45)46)36-26(40-27)32-10-14-63(47,48)49/h1-8,15-16,41-43H,9-14H2,(H,44,45,46)(H,47,48,49)(H,50,51,52)(H,34,35,37,38)(H3,31,32,33,36,39,40). The number of rotatable bonds is 28. The predicted octanol–water partition coefficient (Wildman–Crippen LogP) is 3.53. The summed E-state index contributed by atoms with van der Waals surface area (Å²) in [6.07, 6.45) is 5.35. The van der Waals surface area contributed by atoms with Crippen LogP contribution in [0.1, 0.15) is 11.1 Å². The van der Waals surface area contributed by atoms with Crippen LogP contribution in [0.4, 0.5) is 47.1 Å². The second kappa shape index (κ2) is 25.6. The van der Waals surface area contributed by atoms with Crippen LogP contribution in [0.25, 0.3) is 12.2 Å². The number of benzene rings is 2. The van der Waals surface area contributed by atoms with Gasteiger partial charge in [0.15, 0.2) is 0 Å². The van der Waals surface area contributed by atoms with Crippen molar-refractivity contribution in [2.75, 3.05) is 57.4 Å². The Morgan fingerprint density at radius 1 is 0.594 bits per heavy atom. The lowest BCUT2D eigenvalue weighted by atomic mass is 10.1. The van der Waals surface area contributed by atoms with E-state index in [1.54, 1.807) is 0 Å². The van der Waals surface area contributed by atoms with Crippen LogP contribution in [-0.2, 0) is 58.5 Å². The fourth-order valence-corrected chi connectivity index (χ4v) is 6.79. The minimum absolute atomic E-state index is 0.0110. The second-order valence-electron chi connectivity index (χ2n) is 11.3. The van der Waals surface area contributed by atoms with Gasteiger partial charge < -0.3 is 21.3 Å². The first-order valence-corrected chi connectivity index (χ1v) is 23.9. The molecule has 2 heterocycles. The van der Waals surface area contributed by atoms with E-state index in [1.165, 1.54) is 54.9 Å². The number of nitrogens with zero attached hydrogens (tertiary/aromatic N) is 8. The first-order chi connectivity index (χ1) is 30.4. The van der Waals surface area contributed by atoms with Gasteiger partial charge in [-0.15, -0.1) is 13.0 Å². The Balaban J connectivity index is 1.62. The second-order valence-corrected chi connectivity index (χ2v) is 17.9. The third kappa shape index (κ3) is 19.5. The Bertz CT molecular complexity index is 2520. The van der Waals surface area contributed by atoms with Gasteiger partial charge in [-0.2, -0.15) is 55.2 Å². The summed E-state index contributed by atoms with van der Waals surface area (Å²) in [5.74, 6) is -2.35. The van der Waals surface area contributed by atoms with Gasteiger partial charge in [-0.05, 0) is 35.4 Å². The lowest BCUT2D eigenvalue weighted by Gasteiger charge is -2.12. The fourth-order valence-electron chi connectivity index (χ4n) is 4.38. The molecule has 348 valence electrons. The van der Waals surface area contributed by atoms with E-state index in [2.05, 4.69) is 89.3 Å². The Kier molecular flexibility index (Phi) is 20.7. The molecular formula is C28H32N12O18S6. The minimum Gasteiger partial charge on any atom is -0.353 e. The van der Waals surface area contributed by atoms with Gasteiger partial charge in [0.25, 0.3) is 42.3 Å². The van der Waals surface area contributed by atoms with Crippen molar-refractivity contribution in [3.8, 4) is 0 Å². The molecule has 0 atom stereocenters. The fraction of sp³-hybridized carbons (Fsp3) is 0.214. The van der Waals surface area contributed by atoms with Crippen LogP contribution < -0.4 is 21.3 Å². The van der Waals surface area contributed by atoms with Crippen molar-refractivity contribution in [2.24, 2.45) is 9.98 Å². The molecule has 0 bridgehead atoms. The molecule has 2 aromatic carbocycles. The maximum absolute atomic E-state index is 12.6. The normalized spacial score (nSPS) is 12.4. The lowest BCUT2D eigenvalue weighted by Crippen LogP contribution is -2.19. The molecular weight excluding hydrogens is 985 g/mol. The number of hydrogen-bond acceptors (Lipinski definition) is 30. The quantitative estimate of drug-likeness (QED) is 0.00739. The van der Waals surface area contributed by atoms with Crippen molar-refractivity contribution in [1.82, 2.24) is 29.9 Å². The maximum Gasteiger partial charge on any atom is 0.295 e. The highest BCUT2D eigenvalue weighted by Crippen LogP contribution is 2.31. The Morgan fingerprint density at radius 2 is 1.06 bits per heavy atom.